The SMILES string of the molecule is CC(C)(C)[Si](C)(C)OCCCCn1nc(N)sc1=O. The van der Waals surface area contributed by atoms with E-state index in [1.54, 1.807) is 0 Å². The van der Waals surface area contributed by atoms with Crippen LogP contribution in [0, 0.1) is 0 Å². The molecule has 7 heteroatoms. The highest BCUT2D eigenvalue weighted by molar-refractivity contribution is 7.12. The zero-order valence-electron chi connectivity index (χ0n) is 12.5. The van der Waals surface area contributed by atoms with E-state index in [4.69, 9.17) is 10.2 Å². The van der Waals surface area contributed by atoms with Gasteiger partial charge in [-0.25, -0.2) is 4.68 Å². The number of nitrogens with two attached hydrogens (primary N) is 1. The third-order valence-corrected chi connectivity index (χ3v) is 8.87. The first-order valence-electron chi connectivity index (χ1n) is 6.61. The first kappa shape index (κ1) is 16.4. The molecule has 0 aromatic carbocycles. The molecule has 0 radical (unpaired) electrons. The molecule has 0 fully saturated rings. The fraction of sp³-hybridized carbons (Fsp3) is 0.833. The van der Waals surface area contributed by atoms with Gasteiger partial charge in [0.05, 0.1) is 0 Å². The lowest BCUT2D eigenvalue weighted by Gasteiger charge is -2.36. The average Bonchev–Trinajstić information content (AvgIpc) is 2.55. The molecule has 1 aromatic rings. The molecule has 110 valence electrons. The largest absolute Gasteiger partial charge is 0.417 e. The van der Waals surface area contributed by atoms with E-state index in [1.165, 1.54) is 4.68 Å². The Hall–Kier alpha value is -0.663. The summed E-state index contributed by atoms with van der Waals surface area (Å²) in [4.78, 5) is 11.3. The molecular weight excluding hydrogens is 278 g/mol. The highest BCUT2D eigenvalue weighted by atomic mass is 32.1. The van der Waals surface area contributed by atoms with Crippen LogP contribution in [0.5, 0.6) is 0 Å². The molecule has 2 N–H and O–H groups in total. The lowest BCUT2D eigenvalue weighted by atomic mass is 10.2. The first-order valence-corrected chi connectivity index (χ1v) is 10.3. The number of aromatic nitrogens is 2. The lowest BCUT2D eigenvalue weighted by molar-refractivity contribution is 0.275. The van der Waals surface area contributed by atoms with Crippen LogP contribution in [0.25, 0.3) is 0 Å². The second-order valence-corrected chi connectivity index (χ2v) is 12.0. The zero-order valence-corrected chi connectivity index (χ0v) is 14.3. The summed E-state index contributed by atoms with van der Waals surface area (Å²) in [5, 5.41) is 4.54. The van der Waals surface area contributed by atoms with Gasteiger partial charge in [0.15, 0.2) is 8.32 Å². The number of hydrogen-bond donors (Lipinski definition) is 1. The summed E-state index contributed by atoms with van der Waals surface area (Å²) < 4.78 is 7.51. The Morgan fingerprint density at radius 2 is 2.00 bits per heavy atom. The maximum atomic E-state index is 11.4. The van der Waals surface area contributed by atoms with Crippen molar-refractivity contribution in [2.45, 2.75) is 58.3 Å². The highest BCUT2D eigenvalue weighted by Gasteiger charge is 2.36. The van der Waals surface area contributed by atoms with Crippen molar-refractivity contribution in [2.75, 3.05) is 12.3 Å². The molecule has 0 aliphatic rings. The number of rotatable bonds is 6. The van der Waals surface area contributed by atoms with E-state index in [0.717, 1.165) is 30.8 Å². The van der Waals surface area contributed by atoms with Gasteiger partial charge in [-0.3, -0.25) is 4.79 Å². The number of nitrogen functional groups attached to an aromatic ring is 1. The van der Waals surface area contributed by atoms with Gasteiger partial charge in [0.1, 0.15) is 0 Å². The molecule has 0 unspecified atom stereocenters. The van der Waals surface area contributed by atoms with E-state index >= 15 is 0 Å². The van der Waals surface area contributed by atoms with Crippen LogP contribution in [0.1, 0.15) is 33.6 Å². The Morgan fingerprint density at radius 3 is 2.47 bits per heavy atom. The molecule has 5 nitrogen and oxygen atoms in total. The standard InChI is InChI=1S/C12H25N3O2SSi/c1-12(2,3)19(4,5)17-9-7-6-8-15-11(16)18-10(13)14-15/h6-9H2,1-5H3,(H2,13,14). The van der Waals surface area contributed by atoms with E-state index in [0.29, 0.717) is 11.7 Å². The van der Waals surface area contributed by atoms with Gasteiger partial charge in [-0.2, -0.15) is 0 Å². The van der Waals surface area contributed by atoms with Crippen LogP contribution < -0.4 is 10.6 Å². The topological polar surface area (TPSA) is 70.1 Å². The second kappa shape index (κ2) is 6.19. The van der Waals surface area contributed by atoms with Crippen molar-refractivity contribution in [2.24, 2.45) is 0 Å². The van der Waals surface area contributed by atoms with Gasteiger partial charge in [-0.05, 0) is 42.3 Å². The highest BCUT2D eigenvalue weighted by Crippen LogP contribution is 2.36. The van der Waals surface area contributed by atoms with Gasteiger partial charge in [-0.15, -0.1) is 5.10 Å². The zero-order chi connectivity index (χ0) is 14.7. The summed E-state index contributed by atoms with van der Waals surface area (Å²) in [7, 11) is -1.64. The molecule has 0 amide bonds. The quantitative estimate of drug-likeness (QED) is 0.648. The van der Waals surface area contributed by atoms with Gasteiger partial charge < -0.3 is 10.2 Å². The molecule has 0 saturated carbocycles. The molecule has 1 heterocycles. The summed E-state index contributed by atoms with van der Waals surface area (Å²) in [5.74, 6) is 0. The van der Waals surface area contributed by atoms with Crippen LogP contribution in [-0.4, -0.2) is 24.7 Å². The van der Waals surface area contributed by atoms with E-state index in [9.17, 15) is 4.79 Å². The molecule has 0 saturated heterocycles. The number of anilines is 1. The predicted octanol–water partition coefficient (Wildman–Crippen LogP) is 2.69. The Labute approximate surface area is 119 Å². The monoisotopic (exact) mass is 303 g/mol. The summed E-state index contributed by atoms with van der Waals surface area (Å²) in [6.45, 7) is 12.6. The third-order valence-electron chi connectivity index (χ3n) is 3.66. The first-order chi connectivity index (χ1) is 8.63. The van der Waals surface area contributed by atoms with Crippen molar-refractivity contribution < 1.29 is 4.43 Å². The van der Waals surface area contributed by atoms with Crippen molar-refractivity contribution in [3.63, 3.8) is 0 Å². The van der Waals surface area contributed by atoms with E-state index in [2.05, 4.69) is 39.0 Å². The van der Waals surface area contributed by atoms with Crippen LogP contribution in [0.2, 0.25) is 18.1 Å². The van der Waals surface area contributed by atoms with Crippen molar-refractivity contribution in [1.29, 1.82) is 0 Å². The Kier molecular flexibility index (Phi) is 5.34. The summed E-state index contributed by atoms with van der Waals surface area (Å²) in [6, 6.07) is 0. The van der Waals surface area contributed by atoms with Crippen molar-refractivity contribution in [1.82, 2.24) is 9.78 Å². The van der Waals surface area contributed by atoms with Gasteiger partial charge in [0.2, 0.25) is 5.13 Å². The van der Waals surface area contributed by atoms with E-state index < -0.39 is 8.32 Å². The minimum Gasteiger partial charge on any atom is -0.417 e. The lowest BCUT2D eigenvalue weighted by Crippen LogP contribution is -2.41. The minimum absolute atomic E-state index is 0.0807. The van der Waals surface area contributed by atoms with E-state index in [-0.39, 0.29) is 9.91 Å². The molecular formula is C12H25N3O2SSi. The second-order valence-electron chi connectivity index (χ2n) is 6.25. The van der Waals surface area contributed by atoms with Crippen LogP contribution in [0.3, 0.4) is 0 Å². The van der Waals surface area contributed by atoms with Gasteiger partial charge in [0.25, 0.3) is 0 Å². The fourth-order valence-electron chi connectivity index (χ4n) is 1.37. The van der Waals surface area contributed by atoms with Crippen LogP contribution in [0.15, 0.2) is 4.79 Å². The van der Waals surface area contributed by atoms with Crippen molar-refractivity contribution in [3.05, 3.63) is 9.67 Å². The Bertz CT molecular complexity index is 462. The normalized spacial score (nSPS) is 12.9. The third kappa shape index (κ3) is 4.74. The molecule has 0 aliphatic carbocycles. The summed E-state index contributed by atoms with van der Waals surface area (Å²) >= 11 is 0.990. The summed E-state index contributed by atoms with van der Waals surface area (Å²) in [6.07, 6.45) is 1.83. The summed E-state index contributed by atoms with van der Waals surface area (Å²) in [5.41, 5.74) is 5.48. The Morgan fingerprint density at radius 1 is 1.37 bits per heavy atom. The van der Waals surface area contributed by atoms with Gasteiger partial charge in [-0.1, -0.05) is 20.8 Å². The number of aryl methyl sites for hydroxylation is 1. The van der Waals surface area contributed by atoms with Gasteiger partial charge >= 0.3 is 4.87 Å². The van der Waals surface area contributed by atoms with Crippen LogP contribution >= 0.6 is 11.3 Å². The number of hydrogen-bond acceptors (Lipinski definition) is 5. The smallest absolute Gasteiger partial charge is 0.326 e. The van der Waals surface area contributed by atoms with Crippen molar-refractivity contribution >= 4 is 24.8 Å². The van der Waals surface area contributed by atoms with Crippen molar-refractivity contribution in [3.8, 4) is 0 Å². The predicted molar refractivity (Wildman–Crippen MR) is 83.2 cm³/mol. The number of nitrogens with zero attached hydrogens (tertiary/aromatic N) is 2. The Balaban J connectivity index is 2.29. The minimum atomic E-state index is -1.64. The van der Waals surface area contributed by atoms with Gasteiger partial charge in [0, 0.05) is 13.2 Å². The number of unbranched alkanes of at least 4 members (excludes halogenated alkanes) is 1. The average molecular weight is 304 g/mol. The van der Waals surface area contributed by atoms with Crippen LogP contribution in [-0.2, 0) is 11.0 Å². The maximum absolute atomic E-state index is 11.4. The molecule has 0 spiro atoms. The molecule has 19 heavy (non-hydrogen) atoms. The molecule has 0 aliphatic heterocycles. The molecule has 1 rings (SSSR count). The fourth-order valence-corrected chi connectivity index (χ4v) is 3.01. The molecule has 0 atom stereocenters. The molecule has 0 bridgehead atoms. The van der Waals surface area contributed by atoms with Crippen LogP contribution in [0.4, 0.5) is 5.13 Å². The molecule has 1 aromatic heterocycles. The maximum Gasteiger partial charge on any atom is 0.326 e. The van der Waals surface area contributed by atoms with E-state index in [1.807, 2.05) is 0 Å².